The number of likely N-dealkylation sites (N-methyl/N-ethyl adjacent to an activating group) is 1. The molecule has 0 saturated heterocycles. The van der Waals surface area contributed by atoms with Gasteiger partial charge < -0.3 is 9.64 Å². The number of benzene rings is 1. The Morgan fingerprint density at radius 3 is 2.71 bits per heavy atom. The van der Waals surface area contributed by atoms with Crippen LogP contribution in [0.5, 0.6) is 5.75 Å². The van der Waals surface area contributed by atoms with Gasteiger partial charge in [-0.3, -0.25) is 0 Å². The zero-order valence-electron chi connectivity index (χ0n) is 12.6. The van der Waals surface area contributed by atoms with E-state index in [2.05, 4.69) is 28.9 Å². The van der Waals surface area contributed by atoms with Crippen LogP contribution in [0, 0.1) is 11.3 Å². The highest BCUT2D eigenvalue weighted by atomic mass is 16.5. The summed E-state index contributed by atoms with van der Waals surface area (Å²) in [5.41, 5.74) is 1.60. The van der Waals surface area contributed by atoms with Crippen molar-refractivity contribution in [1.82, 2.24) is 4.98 Å². The van der Waals surface area contributed by atoms with Crippen molar-refractivity contribution < 1.29 is 4.74 Å². The van der Waals surface area contributed by atoms with Gasteiger partial charge in [-0.2, -0.15) is 5.26 Å². The second-order valence-electron chi connectivity index (χ2n) is 4.97. The summed E-state index contributed by atoms with van der Waals surface area (Å²) in [5, 5.41) is 8.94. The monoisotopic (exact) mass is 281 g/mol. The highest BCUT2D eigenvalue weighted by Gasteiger charge is 2.14. The second kappa shape index (κ2) is 6.76. The van der Waals surface area contributed by atoms with Gasteiger partial charge in [0, 0.05) is 13.1 Å². The lowest BCUT2D eigenvalue weighted by Gasteiger charge is -2.26. The molecule has 4 nitrogen and oxygen atoms in total. The summed E-state index contributed by atoms with van der Waals surface area (Å²) in [6.45, 7) is 2.13. The molecule has 0 spiro atoms. The van der Waals surface area contributed by atoms with Gasteiger partial charge in [0.15, 0.2) is 0 Å². The van der Waals surface area contributed by atoms with E-state index in [4.69, 9.17) is 10.00 Å². The Bertz CT molecular complexity index is 648. The minimum absolute atomic E-state index is 0.239. The van der Waals surface area contributed by atoms with Gasteiger partial charge >= 0.3 is 0 Å². The molecule has 1 unspecified atom stereocenters. The predicted molar refractivity (Wildman–Crippen MR) is 83.5 cm³/mol. The molecule has 0 fully saturated rings. The fourth-order valence-electron chi connectivity index (χ4n) is 2.23. The Morgan fingerprint density at radius 2 is 2.00 bits per heavy atom. The Balaban J connectivity index is 2.15. The fourth-order valence-corrected chi connectivity index (χ4v) is 2.23. The van der Waals surface area contributed by atoms with Crippen LogP contribution in [0.25, 0.3) is 0 Å². The number of anilines is 1. The molecule has 1 heterocycles. The highest BCUT2D eigenvalue weighted by molar-refractivity contribution is 5.43. The van der Waals surface area contributed by atoms with Crippen LogP contribution in [0.3, 0.4) is 0 Å². The molecule has 1 aromatic heterocycles. The van der Waals surface area contributed by atoms with Crippen molar-refractivity contribution in [3.8, 4) is 11.8 Å². The number of ether oxygens (including phenoxy) is 1. The molecule has 2 aromatic rings. The zero-order valence-corrected chi connectivity index (χ0v) is 12.6. The third-order valence-corrected chi connectivity index (χ3v) is 3.58. The molecule has 0 aliphatic heterocycles. The largest absolute Gasteiger partial charge is 0.496 e. The number of para-hydroxylation sites is 1. The lowest BCUT2D eigenvalue weighted by Crippen LogP contribution is -2.31. The van der Waals surface area contributed by atoms with Gasteiger partial charge in [0.05, 0.1) is 7.11 Å². The molecule has 0 N–H and O–H groups in total. The number of aromatic nitrogens is 1. The summed E-state index contributed by atoms with van der Waals surface area (Å²) in [7, 11) is 3.68. The zero-order chi connectivity index (χ0) is 15.2. The number of hydrogen-bond donors (Lipinski definition) is 0. The van der Waals surface area contributed by atoms with Crippen molar-refractivity contribution in [2.45, 2.75) is 19.4 Å². The number of pyridine rings is 1. The first-order valence-electron chi connectivity index (χ1n) is 6.87. The van der Waals surface area contributed by atoms with E-state index >= 15 is 0 Å². The molecular formula is C17H19N3O. The van der Waals surface area contributed by atoms with Crippen molar-refractivity contribution in [3.05, 3.63) is 53.7 Å². The predicted octanol–water partition coefficient (Wildman–Crippen LogP) is 3.03. The van der Waals surface area contributed by atoms with Crippen LogP contribution in [0.15, 0.2) is 42.5 Å². The Hall–Kier alpha value is -2.54. The van der Waals surface area contributed by atoms with Crippen LogP contribution >= 0.6 is 0 Å². The molecule has 4 heteroatoms. The van der Waals surface area contributed by atoms with E-state index in [-0.39, 0.29) is 6.04 Å². The normalized spacial score (nSPS) is 11.5. The minimum atomic E-state index is 0.239. The molecule has 108 valence electrons. The number of hydrogen-bond acceptors (Lipinski definition) is 4. The van der Waals surface area contributed by atoms with Crippen molar-refractivity contribution in [2.24, 2.45) is 0 Å². The number of nitrogens with zero attached hydrogens (tertiary/aromatic N) is 3. The van der Waals surface area contributed by atoms with E-state index in [0.717, 1.165) is 23.6 Å². The van der Waals surface area contributed by atoms with Gasteiger partial charge in [0.1, 0.15) is 23.3 Å². The Kier molecular flexibility index (Phi) is 4.78. The summed E-state index contributed by atoms with van der Waals surface area (Å²) in [6.07, 6.45) is 0.846. The fraction of sp³-hybridized carbons (Fsp3) is 0.294. The maximum Gasteiger partial charge on any atom is 0.142 e. The lowest BCUT2D eigenvalue weighted by atomic mass is 10.1. The van der Waals surface area contributed by atoms with E-state index in [1.54, 1.807) is 13.2 Å². The molecule has 0 aliphatic carbocycles. The number of methoxy groups -OCH3 is 1. The number of nitriles is 1. The summed E-state index contributed by atoms with van der Waals surface area (Å²) in [4.78, 5) is 6.41. The lowest BCUT2D eigenvalue weighted by molar-refractivity contribution is 0.408. The molecule has 0 radical (unpaired) electrons. The molecule has 21 heavy (non-hydrogen) atoms. The van der Waals surface area contributed by atoms with Crippen LogP contribution in [0.4, 0.5) is 5.82 Å². The van der Waals surface area contributed by atoms with Crippen molar-refractivity contribution >= 4 is 5.82 Å². The maximum atomic E-state index is 8.94. The standard InChI is InChI=1S/C17H19N3O/c1-13(11-14-7-4-5-9-16(14)21-3)20(2)17-10-6-8-15(12-18)19-17/h4-10,13H,11H2,1-3H3. The minimum Gasteiger partial charge on any atom is -0.496 e. The van der Waals surface area contributed by atoms with Crippen molar-refractivity contribution in [3.63, 3.8) is 0 Å². The summed E-state index contributed by atoms with van der Waals surface area (Å²) < 4.78 is 5.39. The van der Waals surface area contributed by atoms with Gasteiger partial charge in [0.2, 0.25) is 0 Å². The topological polar surface area (TPSA) is 49.1 Å². The maximum absolute atomic E-state index is 8.94. The second-order valence-corrected chi connectivity index (χ2v) is 4.97. The number of rotatable bonds is 5. The Labute approximate surface area is 125 Å². The molecule has 0 amide bonds. The molecule has 0 bridgehead atoms. The molecule has 0 saturated carbocycles. The van der Waals surface area contributed by atoms with Gasteiger partial charge in [0.25, 0.3) is 0 Å². The van der Waals surface area contributed by atoms with Gasteiger partial charge in [-0.1, -0.05) is 24.3 Å². The van der Waals surface area contributed by atoms with Crippen LogP contribution < -0.4 is 9.64 Å². The average molecular weight is 281 g/mol. The van der Waals surface area contributed by atoms with Crippen LogP contribution in [-0.4, -0.2) is 25.2 Å². The average Bonchev–Trinajstić information content (AvgIpc) is 2.54. The SMILES string of the molecule is COc1ccccc1CC(C)N(C)c1cccc(C#N)n1. The summed E-state index contributed by atoms with van der Waals surface area (Å²) >= 11 is 0. The van der Waals surface area contributed by atoms with E-state index in [9.17, 15) is 0 Å². The van der Waals surface area contributed by atoms with Crippen LogP contribution in [-0.2, 0) is 6.42 Å². The van der Waals surface area contributed by atoms with Gasteiger partial charge in [-0.15, -0.1) is 0 Å². The van der Waals surface area contributed by atoms with Crippen molar-refractivity contribution in [1.29, 1.82) is 5.26 Å². The first kappa shape index (κ1) is 14.9. The van der Waals surface area contributed by atoms with E-state index in [0.29, 0.717) is 5.69 Å². The summed E-state index contributed by atoms with van der Waals surface area (Å²) in [6, 6.07) is 15.8. The highest BCUT2D eigenvalue weighted by Crippen LogP contribution is 2.22. The summed E-state index contributed by atoms with van der Waals surface area (Å²) in [5.74, 6) is 1.70. The van der Waals surface area contributed by atoms with E-state index in [1.165, 1.54) is 0 Å². The first-order chi connectivity index (χ1) is 10.2. The van der Waals surface area contributed by atoms with Gasteiger partial charge in [-0.25, -0.2) is 4.98 Å². The Morgan fingerprint density at radius 1 is 1.24 bits per heavy atom. The molecule has 1 atom stereocenters. The first-order valence-corrected chi connectivity index (χ1v) is 6.87. The van der Waals surface area contributed by atoms with Crippen LogP contribution in [0.1, 0.15) is 18.2 Å². The van der Waals surface area contributed by atoms with E-state index in [1.807, 2.05) is 37.4 Å². The molecule has 0 aliphatic rings. The third kappa shape index (κ3) is 3.51. The molecule has 2 rings (SSSR count). The molecule has 1 aromatic carbocycles. The van der Waals surface area contributed by atoms with Crippen molar-refractivity contribution in [2.75, 3.05) is 19.1 Å². The molecular weight excluding hydrogens is 262 g/mol. The van der Waals surface area contributed by atoms with Gasteiger partial charge in [-0.05, 0) is 37.1 Å². The van der Waals surface area contributed by atoms with E-state index < -0.39 is 0 Å². The van der Waals surface area contributed by atoms with Crippen LogP contribution in [0.2, 0.25) is 0 Å². The third-order valence-electron chi connectivity index (χ3n) is 3.58. The smallest absolute Gasteiger partial charge is 0.142 e. The quantitative estimate of drug-likeness (QED) is 0.845.